The Morgan fingerprint density at radius 1 is 1.14 bits per heavy atom. The first kappa shape index (κ1) is 10.4. The van der Waals surface area contributed by atoms with Crippen LogP contribution >= 0.6 is 0 Å². The van der Waals surface area contributed by atoms with Crippen LogP contribution in [-0.2, 0) is 0 Å². The molecule has 2 rings (SSSR count). The predicted octanol–water partition coefficient (Wildman–Crippen LogP) is 1.88. The van der Waals surface area contributed by atoms with Gasteiger partial charge in [0.15, 0.2) is 0 Å². The third kappa shape index (κ3) is 2.12. The predicted molar refractivity (Wildman–Crippen MR) is 58.2 cm³/mol. The summed E-state index contributed by atoms with van der Waals surface area (Å²) in [6.45, 7) is 5.28. The minimum absolute atomic E-state index is 0.410. The van der Waals surface area contributed by atoms with Gasteiger partial charge in [0.1, 0.15) is 0 Å². The monoisotopic (exact) mass is 197 g/mol. The Morgan fingerprint density at radius 3 is 2.57 bits per heavy atom. The van der Waals surface area contributed by atoms with Crippen molar-refractivity contribution >= 4 is 0 Å². The number of likely N-dealkylation sites (tertiary alicyclic amines) is 1. The van der Waals surface area contributed by atoms with E-state index in [0.717, 1.165) is 12.0 Å². The van der Waals surface area contributed by atoms with Gasteiger partial charge in [-0.05, 0) is 51.0 Å². The molecule has 0 radical (unpaired) electrons. The van der Waals surface area contributed by atoms with Crippen molar-refractivity contribution in [3.63, 3.8) is 0 Å². The van der Waals surface area contributed by atoms with Gasteiger partial charge in [0.2, 0.25) is 0 Å². The minimum atomic E-state index is 0.410. The number of nitrogens with zero attached hydrogens (tertiary/aromatic N) is 1. The summed E-state index contributed by atoms with van der Waals surface area (Å²) >= 11 is 0. The number of aliphatic hydroxyl groups is 1. The average Bonchev–Trinajstić information content (AvgIpc) is 2.77. The van der Waals surface area contributed by atoms with Crippen LogP contribution in [0.4, 0.5) is 0 Å². The van der Waals surface area contributed by atoms with E-state index in [-0.39, 0.29) is 0 Å². The Kier molecular flexibility index (Phi) is 3.45. The summed E-state index contributed by atoms with van der Waals surface area (Å²) in [5.74, 6) is 1.38. The lowest BCUT2D eigenvalue weighted by atomic mass is 9.96. The van der Waals surface area contributed by atoms with Crippen molar-refractivity contribution in [2.24, 2.45) is 11.8 Å². The van der Waals surface area contributed by atoms with E-state index in [4.69, 9.17) is 0 Å². The van der Waals surface area contributed by atoms with E-state index in [1.54, 1.807) is 0 Å². The molecule has 2 nitrogen and oxygen atoms in total. The van der Waals surface area contributed by atoms with Crippen molar-refractivity contribution in [2.45, 2.75) is 45.1 Å². The second kappa shape index (κ2) is 4.63. The molecular weight excluding hydrogens is 174 g/mol. The van der Waals surface area contributed by atoms with Crippen molar-refractivity contribution < 1.29 is 5.11 Å². The molecule has 3 unspecified atom stereocenters. The number of hydrogen-bond donors (Lipinski definition) is 1. The van der Waals surface area contributed by atoms with Gasteiger partial charge in [0, 0.05) is 19.2 Å². The van der Waals surface area contributed by atoms with Gasteiger partial charge in [0.05, 0.1) is 0 Å². The fourth-order valence-electron chi connectivity index (χ4n) is 3.16. The largest absolute Gasteiger partial charge is 0.396 e. The van der Waals surface area contributed by atoms with Crippen LogP contribution in [0.1, 0.15) is 39.0 Å². The molecule has 0 bridgehead atoms. The lowest BCUT2D eigenvalue weighted by Gasteiger charge is -2.27. The Labute approximate surface area is 87.3 Å². The molecule has 2 fully saturated rings. The second-order valence-corrected chi connectivity index (χ2v) is 5.12. The number of hydrogen-bond acceptors (Lipinski definition) is 2. The van der Waals surface area contributed by atoms with Crippen LogP contribution in [0, 0.1) is 11.8 Å². The Balaban J connectivity index is 1.83. The lowest BCUT2D eigenvalue weighted by Crippen LogP contribution is -2.34. The Hall–Kier alpha value is -0.0800. The summed E-state index contributed by atoms with van der Waals surface area (Å²) in [6.07, 6.45) is 6.67. The summed E-state index contributed by atoms with van der Waals surface area (Å²) < 4.78 is 0. The van der Waals surface area contributed by atoms with Crippen LogP contribution in [0.25, 0.3) is 0 Å². The molecule has 14 heavy (non-hydrogen) atoms. The van der Waals surface area contributed by atoms with Crippen molar-refractivity contribution in [3.8, 4) is 0 Å². The first-order chi connectivity index (χ1) is 6.81. The molecule has 1 saturated carbocycles. The Bertz CT molecular complexity index is 183. The maximum Gasteiger partial charge on any atom is 0.0462 e. The fraction of sp³-hybridized carbons (Fsp3) is 1.00. The summed E-state index contributed by atoms with van der Waals surface area (Å²) in [4.78, 5) is 2.62. The SMILES string of the molecule is CC1CCCN1CC1CCCC1CO. The minimum Gasteiger partial charge on any atom is -0.396 e. The zero-order valence-electron chi connectivity index (χ0n) is 9.28. The quantitative estimate of drug-likeness (QED) is 0.746. The number of aliphatic hydroxyl groups excluding tert-OH is 1. The van der Waals surface area contributed by atoms with E-state index in [1.807, 2.05) is 0 Å². The average molecular weight is 197 g/mol. The van der Waals surface area contributed by atoms with Gasteiger partial charge < -0.3 is 10.0 Å². The Morgan fingerprint density at radius 2 is 1.93 bits per heavy atom. The first-order valence-electron chi connectivity index (χ1n) is 6.16. The maximum absolute atomic E-state index is 9.26. The highest BCUT2D eigenvalue weighted by atomic mass is 16.3. The van der Waals surface area contributed by atoms with E-state index in [2.05, 4.69) is 11.8 Å². The standard InChI is InChI=1S/C12H23NO/c1-10-4-3-7-13(10)8-11-5-2-6-12(11)9-14/h10-12,14H,2-9H2,1H3. The normalized spacial score (nSPS) is 39.4. The van der Waals surface area contributed by atoms with Crippen molar-refractivity contribution in [3.05, 3.63) is 0 Å². The highest BCUT2D eigenvalue weighted by Crippen LogP contribution is 2.33. The molecule has 1 saturated heterocycles. The van der Waals surface area contributed by atoms with E-state index >= 15 is 0 Å². The van der Waals surface area contributed by atoms with E-state index in [1.165, 1.54) is 45.2 Å². The molecule has 1 aliphatic carbocycles. The van der Waals surface area contributed by atoms with Crippen molar-refractivity contribution in [1.29, 1.82) is 0 Å². The lowest BCUT2D eigenvalue weighted by molar-refractivity contribution is 0.150. The number of rotatable bonds is 3. The maximum atomic E-state index is 9.26. The summed E-state index contributed by atoms with van der Waals surface area (Å²) in [6, 6.07) is 0.787. The molecule has 0 aromatic carbocycles. The van der Waals surface area contributed by atoms with Crippen molar-refractivity contribution in [1.82, 2.24) is 4.90 Å². The van der Waals surface area contributed by atoms with Gasteiger partial charge in [0.25, 0.3) is 0 Å². The molecule has 0 amide bonds. The van der Waals surface area contributed by atoms with Crippen LogP contribution < -0.4 is 0 Å². The third-order valence-corrected chi connectivity index (χ3v) is 4.21. The van der Waals surface area contributed by atoms with Crippen LogP contribution in [0.5, 0.6) is 0 Å². The van der Waals surface area contributed by atoms with Crippen LogP contribution in [-0.4, -0.2) is 35.7 Å². The molecule has 1 aliphatic heterocycles. The molecule has 0 spiro atoms. The highest BCUT2D eigenvalue weighted by molar-refractivity contribution is 4.83. The van der Waals surface area contributed by atoms with Gasteiger partial charge in [-0.25, -0.2) is 0 Å². The van der Waals surface area contributed by atoms with Gasteiger partial charge in [-0.2, -0.15) is 0 Å². The molecule has 0 aromatic heterocycles. The molecule has 3 atom stereocenters. The fourth-order valence-corrected chi connectivity index (χ4v) is 3.16. The highest BCUT2D eigenvalue weighted by Gasteiger charge is 2.30. The molecule has 2 heteroatoms. The van der Waals surface area contributed by atoms with E-state index in [9.17, 15) is 5.11 Å². The zero-order valence-corrected chi connectivity index (χ0v) is 9.28. The second-order valence-electron chi connectivity index (χ2n) is 5.12. The van der Waals surface area contributed by atoms with Gasteiger partial charge in [-0.15, -0.1) is 0 Å². The first-order valence-corrected chi connectivity index (χ1v) is 6.16. The molecule has 0 aromatic rings. The molecular formula is C12H23NO. The van der Waals surface area contributed by atoms with Crippen LogP contribution in [0.3, 0.4) is 0 Å². The summed E-state index contributed by atoms with van der Waals surface area (Å²) in [7, 11) is 0. The van der Waals surface area contributed by atoms with Gasteiger partial charge >= 0.3 is 0 Å². The summed E-state index contributed by atoms with van der Waals surface area (Å²) in [5.41, 5.74) is 0. The van der Waals surface area contributed by atoms with E-state index in [0.29, 0.717) is 12.5 Å². The summed E-state index contributed by atoms with van der Waals surface area (Å²) in [5, 5.41) is 9.26. The van der Waals surface area contributed by atoms with Crippen molar-refractivity contribution in [2.75, 3.05) is 19.7 Å². The molecule has 2 aliphatic rings. The zero-order chi connectivity index (χ0) is 9.97. The molecule has 82 valence electrons. The van der Waals surface area contributed by atoms with E-state index < -0.39 is 0 Å². The molecule has 1 heterocycles. The van der Waals surface area contributed by atoms with Gasteiger partial charge in [-0.3, -0.25) is 0 Å². The van der Waals surface area contributed by atoms with Crippen LogP contribution in [0.15, 0.2) is 0 Å². The van der Waals surface area contributed by atoms with Gasteiger partial charge in [-0.1, -0.05) is 6.42 Å². The topological polar surface area (TPSA) is 23.5 Å². The molecule has 1 N–H and O–H groups in total. The van der Waals surface area contributed by atoms with Crippen LogP contribution in [0.2, 0.25) is 0 Å². The smallest absolute Gasteiger partial charge is 0.0462 e. The third-order valence-electron chi connectivity index (χ3n) is 4.21.